The van der Waals surface area contributed by atoms with Crippen LogP contribution in [0, 0.1) is 0 Å². The summed E-state index contributed by atoms with van der Waals surface area (Å²) in [5, 5.41) is 0. The van der Waals surface area contributed by atoms with Crippen molar-refractivity contribution in [3.05, 3.63) is 0 Å². The first-order chi connectivity index (χ1) is 3.42. The molecule has 2 N–H and O–H groups in total. The first-order valence-corrected chi connectivity index (χ1v) is 3.69. The fraction of sp³-hybridized carbons (Fsp3) is 1.00. The normalized spacial score (nSPS) is 10.1. The topological polar surface area (TPSA) is 66.8 Å². The molecule has 0 heterocycles. The molecule has 0 saturated heterocycles. The Labute approximate surface area is 149 Å². The van der Waals surface area contributed by atoms with Gasteiger partial charge in [-0.1, -0.05) is 0 Å². The Bertz CT molecular complexity index is 119. The van der Waals surface area contributed by atoms with Crippen LogP contribution < -0.4 is 103 Å². The second kappa shape index (κ2) is 8.96. The molecule has 0 spiro atoms. The molecule has 4 nitrogen and oxygen atoms in total. The second-order valence-electron chi connectivity index (χ2n) is 1.64. The van der Waals surface area contributed by atoms with E-state index in [2.05, 4.69) is 4.52 Å². The molecule has 0 aliphatic heterocycles. The van der Waals surface area contributed by atoms with Crippen LogP contribution in [-0.2, 0) is 9.09 Å². The number of phosphoric acid groups is 1. The minimum Gasteiger partial charge on any atom is -1.00 e. The molecule has 0 aromatic rings. The molecule has 0 rings (SSSR count). The summed E-state index contributed by atoms with van der Waals surface area (Å²) in [6.07, 6.45) is -0.421. The van der Waals surface area contributed by atoms with E-state index in [1.165, 1.54) is 0 Å². The average Bonchev–Trinajstić information content (AvgIpc) is 1.21. The van der Waals surface area contributed by atoms with Gasteiger partial charge in [0.05, 0.1) is 6.10 Å². The van der Waals surface area contributed by atoms with E-state index in [1.54, 1.807) is 13.8 Å². The molecule has 10 heavy (non-hydrogen) atoms. The summed E-state index contributed by atoms with van der Waals surface area (Å²) in [5.74, 6) is 0. The van der Waals surface area contributed by atoms with Gasteiger partial charge in [-0.3, -0.25) is 4.52 Å². The second-order valence-corrected chi connectivity index (χ2v) is 2.84. The van der Waals surface area contributed by atoms with Gasteiger partial charge < -0.3 is 12.6 Å². The maximum absolute atomic E-state index is 9.91. The first kappa shape index (κ1) is 19.0. The van der Waals surface area contributed by atoms with Gasteiger partial charge in [0.25, 0.3) is 0 Å². The molecule has 7 heteroatoms. The zero-order chi connectivity index (χ0) is 6.78. The van der Waals surface area contributed by atoms with Crippen LogP contribution in [-0.4, -0.2) is 15.9 Å². The molecule has 0 unspecified atom stereocenters. The van der Waals surface area contributed by atoms with Crippen molar-refractivity contribution in [1.82, 2.24) is 0 Å². The molecule has 54 valence electrons. The summed E-state index contributed by atoms with van der Waals surface area (Å²) >= 11 is 0. The van der Waals surface area contributed by atoms with Gasteiger partial charge in [0.1, 0.15) is 0 Å². The Morgan fingerprint density at radius 3 is 1.70 bits per heavy atom. The summed E-state index contributed by atoms with van der Waals surface area (Å²) in [5.41, 5.74) is 0. The third-order valence-electron chi connectivity index (χ3n) is 0.348. The van der Waals surface area contributed by atoms with Gasteiger partial charge in [-0.05, 0) is 13.8 Å². The van der Waals surface area contributed by atoms with Crippen molar-refractivity contribution < 1.29 is 124 Å². The van der Waals surface area contributed by atoms with Crippen LogP contribution in [0.4, 0.5) is 0 Å². The first-order valence-electron chi connectivity index (χ1n) is 2.16. The molecule has 0 bridgehead atoms. The van der Waals surface area contributed by atoms with Crippen molar-refractivity contribution in [2.75, 3.05) is 0 Å². The molecule has 0 aromatic heterocycles. The molecule has 0 saturated carbocycles. The quantitative estimate of drug-likeness (QED) is 0.360. The van der Waals surface area contributed by atoms with Gasteiger partial charge in [-0.25, -0.2) is 4.57 Å². The maximum Gasteiger partial charge on any atom is 1.00 e. The van der Waals surface area contributed by atoms with Gasteiger partial charge in [0, 0.05) is 0 Å². The fourth-order valence-corrected chi connectivity index (χ4v) is 0.824. The molecule has 0 atom stereocenters. The van der Waals surface area contributed by atoms with Crippen LogP contribution in [0.5, 0.6) is 0 Å². The van der Waals surface area contributed by atoms with Crippen molar-refractivity contribution in [1.29, 1.82) is 0 Å². The predicted molar refractivity (Wildman–Crippen MR) is 30.5 cm³/mol. The summed E-state index contributed by atoms with van der Waals surface area (Å²) in [7, 11) is -4.22. The van der Waals surface area contributed by atoms with Gasteiger partial charge >= 0.3 is 111 Å². The van der Waals surface area contributed by atoms with Gasteiger partial charge in [0.15, 0.2) is 0 Å². The average molecular weight is 220 g/mol. The predicted octanol–water partition coefficient (Wildman–Crippen LogP) is -5.26. The van der Waals surface area contributed by atoms with Crippen LogP contribution >= 0.6 is 7.82 Å². The molecular formula is C3H11K2O4P. The number of hydrogen-bond acceptors (Lipinski definition) is 2. The van der Waals surface area contributed by atoms with Gasteiger partial charge in [-0.2, -0.15) is 0 Å². The van der Waals surface area contributed by atoms with E-state index < -0.39 is 13.9 Å². The number of hydrogen-bond donors (Lipinski definition) is 2. The van der Waals surface area contributed by atoms with Crippen LogP contribution in [0.2, 0.25) is 0 Å². The molecular weight excluding hydrogens is 209 g/mol. The Morgan fingerprint density at radius 1 is 1.40 bits per heavy atom. The van der Waals surface area contributed by atoms with Crippen molar-refractivity contribution in [2.45, 2.75) is 20.0 Å². The Kier molecular flexibility index (Phi) is 17.1. The Morgan fingerprint density at radius 2 is 1.70 bits per heavy atom. The molecule has 0 aromatic carbocycles. The Hall–Kier alpha value is 3.38. The van der Waals surface area contributed by atoms with E-state index in [4.69, 9.17) is 9.79 Å². The summed E-state index contributed by atoms with van der Waals surface area (Å²) in [6.45, 7) is 3.11. The van der Waals surface area contributed by atoms with Crippen molar-refractivity contribution >= 4 is 7.82 Å². The minimum absolute atomic E-state index is 0. The monoisotopic (exact) mass is 220 g/mol. The van der Waals surface area contributed by atoms with Crippen LogP contribution in [0.1, 0.15) is 16.7 Å². The van der Waals surface area contributed by atoms with Crippen molar-refractivity contribution in [3.8, 4) is 0 Å². The molecule has 0 amide bonds. The molecule has 0 radical (unpaired) electrons. The third-order valence-corrected chi connectivity index (χ3v) is 1.04. The SMILES string of the molecule is CC(C)OP(=O)(O)O.[H-].[H-].[K+].[K+]. The molecule has 0 aliphatic carbocycles. The van der Waals surface area contributed by atoms with E-state index in [0.717, 1.165) is 0 Å². The number of rotatable bonds is 2. The number of phosphoric ester groups is 1. The summed E-state index contributed by atoms with van der Waals surface area (Å²) in [6, 6.07) is 0. The van der Waals surface area contributed by atoms with E-state index in [1.807, 2.05) is 0 Å². The fourth-order valence-electron chi connectivity index (χ4n) is 0.275. The smallest absolute Gasteiger partial charge is 1.00 e. The van der Waals surface area contributed by atoms with E-state index >= 15 is 0 Å². The van der Waals surface area contributed by atoms with Crippen molar-refractivity contribution in [3.63, 3.8) is 0 Å². The van der Waals surface area contributed by atoms with E-state index in [-0.39, 0.29) is 106 Å². The third kappa shape index (κ3) is 17.5. The summed E-state index contributed by atoms with van der Waals surface area (Å²) in [4.78, 5) is 16.2. The van der Waals surface area contributed by atoms with Crippen LogP contribution in [0.3, 0.4) is 0 Å². The van der Waals surface area contributed by atoms with Crippen LogP contribution in [0.25, 0.3) is 0 Å². The van der Waals surface area contributed by atoms with E-state index in [0.29, 0.717) is 0 Å². The molecule has 0 fully saturated rings. The standard InChI is InChI=1S/C3H9O4P.2K.2H/c1-3(2)7-8(4,5)6;;;;/h3H,1-2H3,(H2,4,5,6);;;;/q;2*+1;2*-1. The summed E-state index contributed by atoms with van der Waals surface area (Å²) < 4.78 is 14.0. The van der Waals surface area contributed by atoms with E-state index in [9.17, 15) is 4.57 Å². The molecule has 0 aliphatic rings. The van der Waals surface area contributed by atoms with Gasteiger partial charge in [-0.15, -0.1) is 0 Å². The maximum atomic E-state index is 9.91. The van der Waals surface area contributed by atoms with Crippen molar-refractivity contribution in [2.24, 2.45) is 0 Å². The zero-order valence-electron chi connectivity index (χ0n) is 8.74. The minimum atomic E-state index is -4.22. The largest absolute Gasteiger partial charge is 1.00 e. The van der Waals surface area contributed by atoms with Gasteiger partial charge in [0.2, 0.25) is 0 Å². The zero-order valence-corrected chi connectivity index (χ0v) is 13.9. The van der Waals surface area contributed by atoms with Crippen LogP contribution in [0.15, 0.2) is 0 Å². The Balaban J connectivity index is -0.0000000408.